The molecule has 0 fully saturated rings. The van der Waals surface area contributed by atoms with Gasteiger partial charge in [0.05, 0.1) is 4.47 Å². The minimum atomic E-state index is -0.491. The molecule has 2 N–H and O–H groups in total. The van der Waals surface area contributed by atoms with E-state index in [0.717, 1.165) is 17.0 Å². The number of hydrogen-bond donors (Lipinski definition) is 2. The standard InChI is InChI=1S/C20H22BrFN2O2/c1-10(2)8-16(25)17-11(3)24-15-6-7-23-20(26)19(15)18(17)12-4-5-14(22)13(21)9-12/h4-5,9-10,18,24H,6-8H2,1-3H3,(H,23,26). The number of amides is 1. The van der Waals surface area contributed by atoms with Gasteiger partial charge in [0.1, 0.15) is 5.82 Å². The van der Waals surface area contributed by atoms with E-state index in [1.165, 1.54) is 6.07 Å². The number of ketones is 1. The normalized spacial score (nSPS) is 20.1. The Labute approximate surface area is 161 Å². The molecule has 1 aromatic rings. The summed E-state index contributed by atoms with van der Waals surface area (Å²) in [6, 6.07) is 4.68. The van der Waals surface area contributed by atoms with Crippen LogP contribution in [-0.4, -0.2) is 18.2 Å². The van der Waals surface area contributed by atoms with Crippen molar-refractivity contribution in [3.63, 3.8) is 0 Å². The number of rotatable bonds is 4. The van der Waals surface area contributed by atoms with E-state index >= 15 is 0 Å². The van der Waals surface area contributed by atoms with Gasteiger partial charge in [-0.3, -0.25) is 9.59 Å². The van der Waals surface area contributed by atoms with Gasteiger partial charge in [0.15, 0.2) is 5.78 Å². The number of carbonyl (C=O) groups excluding carboxylic acids is 2. The van der Waals surface area contributed by atoms with Crippen LogP contribution in [0.1, 0.15) is 45.1 Å². The number of allylic oxidation sites excluding steroid dienone is 2. The minimum Gasteiger partial charge on any atom is -0.362 e. The van der Waals surface area contributed by atoms with E-state index in [1.54, 1.807) is 12.1 Å². The van der Waals surface area contributed by atoms with Gasteiger partial charge < -0.3 is 10.6 Å². The van der Waals surface area contributed by atoms with Gasteiger partial charge in [-0.2, -0.15) is 0 Å². The fourth-order valence-electron chi connectivity index (χ4n) is 3.63. The molecule has 0 bridgehead atoms. The lowest BCUT2D eigenvalue weighted by Crippen LogP contribution is -2.41. The van der Waals surface area contributed by atoms with Gasteiger partial charge in [0.2, 0.25) is 5.91 Å². The van der Waals surface area contributed by atoms with Crippen LogP contribution < -0.4 is 10.6 Å². The topological polar surface area (TPSA) is 58.2 Å². The largest absolute Gasteiger partial charge is 0.362 e. The summed E-state index contributed by atoms with van der Waals surface area (Å²) in [4.78, 5) is 25.6. The maximum Gasteiger partial charge on any atom is 0.249 e. The van der Waals surface area contributed by atoms with Crippen LogP contribution in [0.3, 0.4) is 0 Å². The first-order valence-electron chi connectivity index (χ1n) is 8.76. The SMILES string of the molecule is CC1=C(C(=O)CC(C)C)C(c2ccc(F)c(Br)c2)C2=C(CCNC2=O)N1. The van der Waals surface area contributed by atoms with Crippen molar-refractivity contribution in [1.29, 1.82) is 0 Å². The predicted octanol–water partition coefficient (Wildman–Crippen LogP) is 3.94. The molecule has 26 heavy (non-hydrogen) atoms. The maximum atomic E-state index is 13.8. The minimum absolute atomic E-state index is 0.0142. The Morgan fingerprint density at radius 2 is 2.12 bits per heavy atom. The first-order chi connectivity index (χ1) is 12.3. The zero-order chi connectivity index (χ0) is 19.0. The number of Topliss-reactive ketones (excluding diaryl/α,β-unsaturated/α-hetero) is 1. The van der Waals surface area contributed by atoms with Gasteiger partial charge in [-0.15, -0.1) is 0 Å². The number of benzene rings is 1. The highest BCUT2D eigenvalue weighted by atomic mass is 79.9. The third-order valence-corrected chi connectivity index (χ3v) is 5.33. The fourth-order valence-corrected chi connectivity index (χ4v) is 4.03. The van der Waals surface area contributed by atoms with E-state index in [-0.39, 0.29) is 23.4 Å². The van der Waals surface area contributed by atoms with Crippen molar-refractivity contribution in [2.24, 2.45) is 5.92 Å². The molecule has 1 aromatic carbocycles. The molecule has 4 nitrogen and oxygen atoms in total. The molecule has 6 heteroatoms. The Hall–Kier alpha value is -1.95. The van der Waals surface area contributed by atoms with Crippen LogP contribution in [0.25, 0.3) is 0 Å². The highest BCUT2D eigenvalue weighted by Gasteiger charge is 2.38. The van der Waals surface area contributed by atoms with Gasteiger partial charge in [-0.25, -0.2) is 4.39 Å². The summed E-state index contributed by atoms with van der Waals surface area (Å²) in [5.41, 5.74) is 3.50. The summed E-state index contributed by atoms with van der Waals surface area (Å²) in [6.07, 6.45) is 1.08. The second-order valence-corrected chi connectivity index (χ2v) is 8.04. The zero-order valence-electron chi connectivity index (χ0n) is 15.1. The summed E-state index contributed by atoms with van der Waals surface area (Å²) < 4.78 is 14.1. The smallest absolute Gasteiger partial charge is 0.249 e. The van der Waals surface area contributed by atoms with Gasteiger partial charge in [-0.1, -0.05) is 19.9 Å². The number of carbonyl (C=O) groups is 2. The van der Waals surface area contributed by atoms with Crippen LogP contribution in [0, 0.1) is 11.7 Å². The van der Waals surface area contributed by atoms with Crippen LogP contribution in [0.2, 0.25) is 0 Å². The molecular formula is C20H22BrFN2O2. The van der Waals surface area contributed by atoms with Gasteiger partial charge >= 0.3 is 0 Å². The Morgan fingerprint density at radius 1 is 1.38 bits per heavy atom. The lowest BCUT2D eigenvalue weighted by molar-refractivity contribution is -0.118. The molecule has 2 heterocycles. The monoisotopic (exact) mass is 420 g/mol. The molecule has 138 valence electrons. The Morgan fingerprint density at radius 3 is 2.77 bits per heavy atom. The lowest BCUT2D eigenvalue weighted by Gasteiger charge is -2.35. The Balaban J connectivity index is 2.16. The summed E-state index contributed by atoms with van der Waals surface area (Å²) in [7, 11) is 0. The van der Waals surface area contributed by atoms with Crippen LogP contribution in [0.5, 0.6) is 0 Å². The molecule has 3 rings (SSSR count). The van der Waals surface area contributed by atoms with Crippen molar-refractivity contribution in [2.45, 2.75) is 39.5 Å². The van der Waals surface area contributed by atoms with Crippen molar-refractivity contribution in [3.05, 3.63) is 56.6 Å². The second kappa shape index (κ2) is 7.35. The van der Waals surface area contributed by atoms with Crippen LogP contribution in [-0.2, 0) is 9.59 Å². The van der Waals surface area contributed by atoms with Crippen molar-refractivity contribution in [1.82, 2.24) is 10.6 Å². The number of dihydropyridines is 1. The highest BCUT2D eigenvalue weighted by Crippen LogP contribution is 2.41. The number of nitrogens with one attached hydrogen (secondary N) is 2. The number of halogens is 2. The van der Waals surface area contributed by atoms with Gasteiger partial charge in [0.25, 0.3) is 0 Å². The Bertz CT molecular complexity index is 842. The molecular weight excluding hydrogens is 399 g/mol. The van der Waals surface area contributed by atoms with Crippen LogP contribution >= 0.6 is 15.9 Å². The van der Waals surface area contributed by atoms with E-state index in [4.69, 9.17) is 0 Å². The average Bonchev–Trinajstić information content (AvgIpc) is 2.55. The summed E-state index contributed by atoms with van der Waals surface area (Å²) in [5.74, 6) is -0.818. The van der Waals surface area contributed by atoms with Crippen LogP contribution in [0.15, 0.2) is 45.2 Å². The molecule has 2 aliphatic heterocycles. The molecule has 0 aromatic heterocycles. The van der Waals surface area contributed by atoms with E-state index in [0.29, 0.717) is 35.0 Å². The van der Waals surface area contributed by atoms with E-state index in [1.807, 2.05) is 20.8 Å². The summed E-state index contributed by atoms with van der Waals surface area (Å²) >= 11 is 3.22. The average molecular weight is 421 g/mol. The molecule has 0 saturated heterocycles. The van der Waals surface area contributed by atoms with Crippen molar-refractivity contribution in [3.8, 4) is 0 Å². The summed E-state index contributed by atoms with van der Waals surface area (Å²) in [5, 5.41) is 6.14. The molecule has 0 radical (unpaired) electrons. The molecule has 0 saturated carbocycles. The molecule has 1 atom stereocenters. The fraction of sp³-hybridized carbons (Fsp3) is 0.400. The van der Waals surface area contributed by atoms with Crippen molar-refractivity contribution >= 4 is 27.6 Å². The molecule has 1 unspecified atom stereocenters. The third-order valence-electron chi connectivity index (χ3n) is 4.72. The Kier molecular flexibility index (Phi) is 5.32. The quantitative estimate of drug-likeness (QED) is 0.775. The lowest BCUT2D eigenvalue weighted by atomic mass is 9.76. The highest BCUT2D eigenvalue weighted by molar-refractivity contribution is 9.10. The van der Waals surface area contributed by atoms with Crippen molar-refractivity contribution < 1.29 is 14.0 Å². The first kappa shape index (κ1) is 18.8. The van der Waals surface area contributed by atoms with Crippen LogP contribution in [0.4, 0.5) is 4.39 Å². The third kappa shape index (κ3) is 3.47. The molecule has 0 aliphatic carbocycles. The van der Waals surface area contributed by atoms with E-state index in [9.17, 15) is 14.0 Å². The van der Waals surface area contributed by atoms with E-state index in [2.05, 4.69) is 26.6 Å². The van der Waals surface area contributed by atoms with E-state index < -0.39 is 5.92 Å². The molecule has 1 amide bonds. The maximum absolute atomic E-state index is 13.8. The first-order valence-corrected chi connectivity index (χ1v) is 9.56. The van der Waals surface area contributed by atoms with Crippen molar-refractivity contribution in [2.75, 3.05) is 6.54 Å². The summed E-state index contributed by atoms with van der Waals surface area (Å²) in [6.45, 7) is 6.42. The molecule has 2 aliphatic rings. The van der Waals surface area contributed by atoms with Gasteiger partial charge in [0, 0.05) is 47.8 Å². The second-order valence-electron chi connectivity index (χ2n) is 7.19. The predicted molar refractivity (Wildman–Crippen MR) is 102 cm³/mol. The molecule has 0 spiro atoms. The number of hydrogen-bond acceptors (Lipinski definition) is 3. The zero-order valence-corrected chi connectivity index (χ0v) is 16.7. The van der Waals surface area contributed by atoms with Gasteiger partial charge in [-0.05, 0) is 46.5 Å².